The molecule has 39 heavy (non-hydrogen) atoms. The molecule has 2 N–H and O–H groups in total. The highest BCUT2D eigenvalue weighted by atomic mass is 16.3. The number of aliphatic imine (C=N–C) groups is 2. The van der Waals surface area contributed by atoms with Crippen molar-refractivity contribution in [3.8, 4) is 22.6 Å². The Labute approximate surface area is 232 Å². The van der Waals surface area contributed by atoms with Crippen LogP contribution in [0.4, 0.5) is 5.69 Å². The molecule has 4 aromatic rings. The Hall–Kier alpha value is -4.18. The van der Waals surface area contributed by atoms with Crippen molar-refractivity contribution in [3.63, 3.8) is 0 Å². The second-order valence-corrected chi connectivity index (χ2v) is 12.0. The zero-order chi connectivity index (χ0) is 28.2. The highest BCUT2D eigenvalue weighted by Crippen LogP contribution is 2.33. The van der Waals surface area contributed by atoms with Gasteiger partial charge in [0, 0.05) is 23.6 Å². The highest BCUT2D eigenvalue weighted by Gasteiger charge is 2.20. The second kappa shape index (κ2) is 11.3. The van der Waals surface area contributed by atoms with E-state index in [0.717, 1.165) is 39.1 Å². The Balaban J connectivity index is 1.41. The number of para-hydroxylation sites is 2. The molecule has 0 aliphatic carbocycles. The lowest BCUT2D eigenvalue weighted by Crippen LogP contribution is -2.11. The predicted molar refractivity (Wildman–Crippen MR) is 164 cm³/mol. The van der Waals surface area contributed by atoms with Gasteiger partial charge in [-0.1, -0.05) is 102 Å². The maximum Gasteiger partial charge on any atom is 0.128 e. The number of phenolic OH excluding ortho intramolecular Hbond substituents is 2. The van der Waals surface area contributed by atoms with Gasteiger partial charge in [-0.3, -0.25) is 9.98 Å². The van der Waals surface area contributed by atoms with Crippen LogP contribution in [-0.2, 0) is 17.4 Å². The van der Waals surface area contributed by atoms with Crippen molar-refractivity contribution in [3.05, 3.63) is 113 Å². The molecule has 4 rings (SSSR count). The maximum absolute atomic E-state index is 10.7. The van der Waals surface area contributed by atoms with Crippen LogP contribution >= 0.6 is 0 Å². The van der Waals surface area contributed by atoms with E-state index in [4.69, 9.17) is 0 Å². The molecule has 0 spiro atoms. The first-order valence-electron chi connectivity index (χ1n) is 13.3. The summed E-state index contributed by atoms with van der Waals surface area (Å²) in [5.74, 6) is 0.581. The summed E-state index contributed by atoms with van der Waals surface area (Å²) in [6.07, 6.45) is 3.46. The molecule has 4 aromatic carbocycles. The van der Waals surface area contributed by atoms with Crippen molar-refractivity contribution >= 4 is 18.1 Å². The lowest BCUT2D eigenvalue weighted by Gasteiger charge is -2.21. The van der Waals surface area contributed by atoms with E-state index in [9.17, 15) is 10.2 Å². The fraction of sp³-hybridized carbons (Fsp3) is 0.257. The average molecular weight is 519 g/mol. The predicted octanol–water partition coefficient (Wildman–Crippen LogP) is 8.73. The molecular formula is C35H38N2O2. The number of rotatable bonds is 6. The van der Waals surface area contributed by atoms with Crippen molar-refractivity contribution in [1.82, 2.24) is 0 Å². The van der Waals surface area contributed by atoms with Gasteiger partial charge in [-0.15, -0.1) is 0 Å². The third-order valence-electron chi connectivity index (χ3n) is 6.76. The van der Waals surface area contributed by atoms with Gasteiger partial charge in [0.05, 0.1) is 12.2 Å². The summed E-state index contributed by atoms with van der Waals surface area (Å²) in [6, 6.07) is 28.0. The minimum Gasteiger partial charge on any atom is -0.507 e. The Kier molecular flexibility index (Phi) is 8.06. The monoisotopic (exact) mass is 518 g/mol. The van der Waals surface area contributed by atoms with Crippen LogP contribution in [0.2, 0.25) is 0 Å². The maximum atomic E-state index is 10.7. The summed E-state index contributed by atoms with van der Waals surface area (Å²) in [7, 11) is 0. The molecule has 0 saturated heterocycles. The van der Waals surface area contributed by atoms with Crippen LogP contribution in [0.1, 0.15) is 69.4 Å². The molecule has 0 bridgehead atoms. The number of aromatic hydroxyl groups is 2. The van der Waals surface area contributed by atoms with Crippen molar-refractivity contribution < 1.29 is 10.2 Å². The lowest BCUT2D eigenvalue weighted by atomic mass is 9.85. The molecule has 4 heteroatoms. The Morgan fingerprint density at radius 2 is 1.05 bits per heavy atom. The molecule has 0 heterocycles. The van der Waals surface area contributed by atoms with Crippen LogP contribution in [0.5, 0.6) is 11.5 Å². The van der Waals surface area contributed by atoms with Crippen molar-refractivity contribution in [2.75, 3.05) is 0 Å². The molecule has 200 valence electrons. The van der Waals surface area contributed by atoms with E-state index in [1.165, 1.54) is 0 Å². The summed E-state index contributed by atoms with van der Waals surface area (Å²) >= 11 is 0. The van der Waals surface area contributed by atoms with Crippen LogP contribution in [0.25, 0.3) is 11.1 Å². The van der Waals surface area contributed by atoms with E-state index in [1.807, 2.05) is 48.5 Å². The summed E-state index contributed by atoms with van der Waals surface area (Å²) in [4.78, 5) is 9.14. The molecule has 0 aliphatic heterocycles. The van der Waals surface area contributed by atoms with Gasteiger partial charge in [0.15, 0.2) is 0 Å². The van der Waals surface area contributed by atoms with Crippen molar-refractivity contribution in [2.24, 2.45) is 9.98 Å². The van der Waals surface area contributed by atoms with Gasteiger partial charge in [-0.05, 0) is 62.9 Å². The van der Waals surface area contributed by atoms with Crippen molar-refractivity contribution in [1.29, 1.82) is 0 Å². The van der Waals surface area contributed by atoms with Gasteiger partial charge in [0.25, 0.3) is 0 Å². The topological polar surface area (TPSA) is 65.2 Å². The van der Waals surface area contributed by atoms with E-state index in [1.54, 1.807) is 12.4 Å². The molecule has 0 fully saturated rings. The van der Waals surface area contributed by atoms with Crippen LogP contribution in [0.3, 0.4) is 0 Å². The molecular weight excluding hydrogens is 480 g/mol. The number of hydrogen-bond acceptors (Lipinski definition) is 4. The van der Waals surface area contributed by atoms with E-state index < -0.39 is 0 Å². The molecule has 4 nitrogen and oxygen atoms in total. The zero-order valence-corrected chi connectivity index (χ0v) is 23.7. The van der Waals surface area contributed by atoms with Crippen LogP contribution in [-0.4, -0.2) is 22.6 Å². The molecule has 0 aliphatic rings. The molecule has 0 unspecified atom stereocenters. The van der Waals surface area contributed by atoms with E-state index >= 15 is 0 Å². The standard InChI is InChI=1S/C35H38N2O2/c1-34(2,3)30-11-7-9-27(32(30)38)22-36-21-24-13-15-25(16-14-24)26-17-19-29(20-18-26)37-23-28-10-8-12-31(33(28)39)35(4,5)6/h7-20,22-23,38-39H,21H2,1-6H3. The average Bonchev–Trinajstić information content (AvgIpc) is 2.88. The largest absolute Gasteiger partial charge is 0.507 e. The van der Waals surface area contributed by atoms with E-state index in [-0.39, 0.29) is 16.6 Å². The van der Waals surface area contributed by atoms with Gasteiger partial charge in [-0.25, -0.2) is 0 Å². The first-order valence-corrected chi connectivity index (χ1v) is 13.3. The quantitative estimate of drug-likeness (QED) is 0.251. The number of phenols is 2. The number of hydrogen-bond donors (Lipinski definition) is 2. The van der Waals surface area contributed by atoms with Crippen molar-refractivity contribution in [2.45, 2.75) is 58.9 Å². The third kappa shape index (κ3) is 6.83. The summed E-state index contributed by atoms with van der Waals surface area (Å²) in [5.41, 5.74) is 7.14. The smallest absolute Gasteiger partial charge is 0.128 e. The van der Waals surface area contributed by atoms with Gasteiger partial charge in [0.2, 0.25) is 0 Å². The van der Waals surface area contributed by atoms with Crippen LogP contribution < -0.4 is 0 Å². The summed E-state index contributed by atoms with van der Waals surface area (Å²) < 4.78 is 0. The number of nitrogens with zero attached hydrogens (tertiary/aromatic N) is 2. The fourth-order valence-corrected chi connectivity index (χ4v) is 4.48. The molecule has 0 atom stereocenters. The Morgan fingerprint density at radius 3 is 1.54 bits per heavy atom. The summed E-state index contributed by atoms with van der Waals surface area (Å²) in [6.45, 7) is 13.1. The highest BCUT2D eigenvalue weighted by molar-refractivity contribution is 5.86. The summed E-state index contributed by atoms with van der Waals surface area (Å²) in [5, 5.41) is 21.3. The first-order chi connectivity index (χ1) is 18.4. The Bertz CT molecular complexity index is 1480. The van der Waals surface area contributed by atoms with Gasteiger partial charge >= 0.3 is 0 Å². The molecule has 0 radical (unpaired) electrons. The molecule has 0 saturated carbocycles. The van der Waals surface area contributed by atoms with Crippen LogP contribution in [0.15, 0.2) is 94.9 Å². The Morgan fingerprint density at radius 1 is 0.590 bits per heavy atom. The fourth-order valence-electron chi connectivity index (χ4n) is 4.48. The second-order valence-electron chi connectivity index (χ2n) is 12.0. The molecule has 0 amide bonds. The van der Waals surface area contributed by atoms with E-state index in [2.05, 4.69) is 87.9 Å². The van der Waals surface area contributed by atoms with E-state index in [0.29, 0.717) is 17.9 Å². The lowest BCUT2D eigenvalue weighted by molar-refractivity contribution is 0.445. The van der Waals surface area contributed by atoms with Gasteiger partial charge in [0.1, 0.15) is 11.5 Å². The minimum absolute atomic E-state index is 0.130. The first kappa shape index (κ1) is 27.8. The van der Waals surface area contributed by atoms with Gasteiger partial charge in [-0.2, -0.15) is 0 Å². The van der Waals surface area contributed by atoms with Crippen LogP contribution in [0, 0.1) is 0 Å². The number of benzene rings is 4. The van der Waals surface area contributed by atoms with Gasteiger partial charge < -0.3 is 10.2 Å². The normalized spacial score (nSPS) is 12.5. The third-order valence-corrected chi connectivity index (χ3v) is 6.76. The zero-order valence-electron chi connectivity index (χ0n) is 23.7. The molecule has 0 aromatic heterocycles. The SMILES string of the molecule is CC(C)(C)c1cccc(C=NCc2ccc(-c3ccc(N=Cc4cccc(C(C)(C)C)c4O)cc3)cc2)c1O. The minimum atomic E-state index is -0.140.